The van der Waals surface area contributed by atoms with E-state index >= 15 is 0 Å². The Kier molecular flexibility index (Phi) is 9.16. The maximum atomic E-state index is 12.2. The van der Waals surface area contributed by atoms with E-state index < -0.39 is 12.0 Å². The van der Waals surface area contributed by atoms with Gasteiger partial charge in [0.1, 0.15) is 16.9 Å². The third kappa shape index (κ3) is 6.75. The quantitative estimate of drug-likeness (QED) is 0.268. The lowest BCUT2D eigenvalue weighted by Gasteiger charge is -2.14. The van der Waals surface area contributed by atoms with Crippen molar-refractivity contribution in [3.8, 4) is 16.8 Å². The zero-order valence-corrected chi connectivity index (χ0v) is 25.3. The highest BCUT2D eigenvalue weighted by Crippen LogP contribution is 2.39. The van der Waals surface area contributed by atoms with Crippen molar-refractivity contribution < 1.29 is 19.5 Å². The van der Waals surface area contributed by atoms with Crippen LogP contribution >= 0.6 is 11.3 Å². The Labute approximate surface area is 254 Å². The number of aryl methyl sites for hydroxylation is 2. The van der Waals surface area contributed by atoms with Crippen molar-refractivity contribution in [2.45, 2.75) is 58.9 Å². The molecule has 2 aromatic heterocycles. The number of carbonyl (C=O) groups is 3. The highest BCUT2D eigenvalue weighted by molar-refractivity contribution is 7.15. The lowest BCUT2D eigenvalue weighted by molar-refractivity contribution is -0.137. The molecule has 43 heavy (non-hydrogen) atoms. The monoisotopic (exact) mass is 598 g/mol. The molecule has 10 nitrogen and oxygen atoms in total. The summed E-state index contributed by atoms with van der Waals surface area (Å²) in [6, 6.07) is 7.03. The van der Waals surface area contributed by atoms with Gasteiger partial charge in [-0.25, -0.2) is 0 Å². The molecule has 2 amide bonds. The van der Waals surface area contributed by atoms with Gasteiger partial charge in [-0.3, -0.25) is 23.9 Å². The van der Waals surface area contributed by atoms with Gasteiger partial charge in [-0.15, -0.1) is 21.5 Å². The number of benzene rings is 1. The standard InChI is InChI=1S/C32H34N6O4S/c1-20-21(2)43-32-29(20)30(34-25(19-28(41)42)31-36-35-22(3)38(31)32)24-14-12-23(13-15-24)9-7-16-33-26(39)10-5-4-6-17-37-18-8-11-27(37)40/h8,11-15,25H,4-6,10,16-19H2,1-3H3,(H,33,39)(H,41,42)/t25-/m0/s1. The maximum absolute atomic E-state index is 12.2. The van der Waals surface area contributed by atoms with Crippen molar-refractivity contribution in [3.63, 3.8) is 0 Å². The molecule has 1 aromatic carbocycles. The molecule has 0 unspecified atom stereocenters. The summed E-state index contributed by atoms with van der Waals surface area (Å²) in [7, 11) is 0. The molecule has 5 rings (SSSR count). The molecule has 2 aliphatic heterocycles. The number of hydrogen-bond donors (Lipinski definition) is 2. The van der Waals surface area contributed by atoms with Crippen LogP contribution in [0.4, 0.5) is 0 Å². The first-order valence-corrected chi connectivity index (χ1v) is 15.2. The number of nitrogens with one attached hydrogen (secondary N) is 1. The Morgan fingerprint density at radius 2 is 1.91 bits per heavy atom. The number of amides is 2. The second-order valence-corrected chi connectivity index (χ2v) is 11.9. The number of aliphatic imine (C=N–C) groups is 1. The van der Waals surface area contributed by atoms with E-state index in [0.29, 0.717) is 24.6 Å². The number of carbonyl (C=O) groups excluding carboxylic acids is 2. The largest absolute Gasteiger partial charge is 0.481 e. The zero-order chi connectivity index (χ0) is 30.5. The summed E-state index contributed by atoms with van der Waals surface area (Å²) in [5.41, 5.74) is 4.43. The highest BCUT2D eigenvalue weighted by atomic mass is 32.1. The third-order valence-corrected chi connectivity index (χ3v) is 8.79. The van der Waals surface area contributed by atoms with Crippen LogP contribution in [0, 0.1) is 32.6 Å². The third-order valence-electron chi connectivity index (χ3n) is 7.60. The lowest BCUT2D eigenvalue weighted by atomic mass is 9.98. The SMILES string of the molecule is Cc1sc2c(c1C)C(c1ccc(C#CCNC(=O)CCCCCN3CC=CC3=O)cc1)=N[C@@H](CC(=O)O)c1nnc(C)n1-2. The Balaban J connectivity index is 1.22. The van der Waals surface area contributed by atoms with Crippen molar-refractivity contribution in [1.82, 2.24) is 25.0 Å². The minimum atomic E-state index is -0.954. The van der Waals surface area contributed by atoms with Crippen molar-refractivity contribution in [3.05, 3.63) is 75.2 Å². The normalized spacial score (nSPS) is 15.3. The number of thiophene rings is 1. The van der Waals surface area contributed by atoms with Gasteiger partial charge in [0.15, 0.2) is 5.82 Å². The van der Waals surface area contributed by atoms with Gasteiger partial charge in [-0.05, 0) is 51.3 Å². The van der Waals surface area contributed by atoms with Crippen LogP contribution in [0.25, 0.3) is 5.00 Å². The van der Waals surface area contributed by atoms with Crippen molar-refractivity contribution in [1.29, 1.82) is 0 Å². The number of unbranched alkanes of at least 4 members (excludes halogenated alkanes) is 2. The van der Waals surface area contributed by atoms with Gasteiger partial charge in [0.25, 0.3) is 0 Å². The Bertz CT molecular complexity index is 1670. The van der Waals surface area contributed by atoms with E-state index in [1.54, 1.807) is 22.3 Å². The molecule has 2 aliphatic rings. The van der Waals surface area contributed by atoms with E-state index in [2.05, 4.69) is 41.2 Å². The Morgan fingerprint density at radius 1 is 1.12 bits per heavy atom. The predicted molar refractivity (Wildman–Crippen MR) is 165 cm³/mol. The van der Waals surface area contributed by atoms with Crippen molar-refractivity contribution >= 4 is 34.8 Å². The summed E-state index contributed by atoms with van der Waals surface area (Å²) in [6.07, 6.45) is 6.27. The van der Waals surface area contributed by atoms with E-state index in [1.807, 2.05) is 41.8 Å². The second-order valence-electron chi connectivity index (χ2n) is 10.6. The van der Waals surface area contributed by atoms with Crippen LogP contribution in [0.15, 0.2) is 41.4 Å². The minimum absolute atomic E-state index is 0.0338. The average Bonchev–Trinajstić information content (AvgIpc) is 3.63. The first kappa shape index (κ1) is 29.9. The molecule has 4 heterocycles. The molecule has 0 fully saturated rings. The van der Waals surface area contributed by atoms with Gasteiger partial charge in [0.2, 0.25) is 11.8 Å². The molecular formula is C32H34N6O4S. The molecule has 0 spiro atoms. The Hall–Kier alpha value is -4.56. The predicted octanol–water partition coefficient (Wildman–Crippen LogP) is 4.05. The number of fused-ring (bicyclic) bond motifs is 3. The molecule has 0 radical (unpaired) electrons. The molecular weight excluding hydrogens is 564 g/mol. The van der Waals surface area contributed by atoms with Gasteiger partial charge >= 0.3 is 5.97 Å². The highest BCUT2D eigenvalue weighted by Gasteiger charge is 2.32. The molecule has 3 aromatic rings. The van der Waals surface area contributed by atoms with E-state index in [-0.39, 0.29) is 24.8 Å². The van der Waals surface area contributed by atoms with Gasteiger partial charge in [-0.1, -0.05) is 36.5 Å². The number of carboxylic acids is 1. The maximum Gasteiger partial charge on any atom is 0.306 e. The zero-order valence-electron chi connectivity index (χ0n) is 24.5. The fraction of sp³-hybridized carbons (Fsp3) is 0.375. The minimum Gasteiger partial charge on any atom is -0.481 e. The van der Waals surface area contributed by atoms with Gasteiger partial charge < -0.3 is 15.3 Å². The Morgan fingerprint density at radius 3 is 2.63 bits per heavy atom. The van der Waals surface area contributed by atoms with Crippen LogP contribution in [0.1, 0.15) is 76.9 Å². The van der Waals surface area contributed by atoms with Crippen LogP contribution in [0.3, 0.4) is 0 Å². The van der Waals surface area contributed by atoms with Crippen LogP contribution in [-0.4, -0.2) is 67.9 Å². The number of aromatic nitrogens is 3. The van der Waals surface area contributed by atoms with E-state index in [9.17, 15) is 19.5 Å². The summed E-state index contributed by atoms with van der Waals surface area (Å²) >= 11 is 1.62. The second kappa shape index (κ2) is 13.2. The average molecular weight is 599 g/mol. The van der Waals surface area contributed by atoms with Gasteiger partial charge in [-0.2, -0.15) is 0 Å². The topological polar surface area (TPSA) is 130 Å². The van der Waals surface area contributed by atoms with Crippen molar-refractivity contribution in [2.75, 3.05) is 19.6 Å². The summed E-state index contributed by atoms with van der Waals surface area (Å²) < 4.78 is 1.94. The summed E-state index contributed by atoms with van der Waals surface area (Å²) in [5, 5.41) is 21.9. The molecule has 0 aliphatic carbocycles. The van der Waals surface area contributed by atoms with E-state index in [4.69, 9.17) is 4.99 Å². The molecule has 222 valence electrons. The molecule has 0 saturated carbocycles. The first-order valence-electron chi connectivity index (χ1n) is 14.4. The van der Waals surface area contributed by atoms with E-state index in [0.717, 1.165) is 63.7 Å². The van der Waals surface area contributed by atoms with Gasteiger partial charge in [0, 0.05) is 47.2 Å². The van der Waals surface area contributed by atoms with Crippen LogP contribution in [-0.2, 0) is 14.4 Å². The van der Waals surface area contributed by atoms with Crippen LogP contribution in [0.5, 0.6) is 0 Å². The first-order chi connectivity index (χ1) is 20.7. The lowest BCUT2D eigenvalue weighted by Crippen LogP contribution is -2.26. The molecule has 0 saturated heterocycles. The molecule has 2 N–H and O–H groups in total. The molecule has 0 bridgehead atoms. The fourth-order valence-corrected chi connectivity index (χ4v) is 6.44. The fourth-order valence-electron chi connectivity index (χ4n) is 5.22. The van der Waals surface area contributed by atoms with E-state index in [1.165, 1.54) is 0 Å². The molecule has 1 atom stereocenters. The molecule has 11 heteroatoms. The number of aliphatic carboxylic acids is 1. The smallest absolute Gasteiger partial charge is 0.306 e. The van der Waals surface area contributed by atoms with Crippen molar-refractivity contribution in [2.24, 2.45) is 4.99 Å². The number of carboxylic acid groups (broad SMARTS) is 1. The van der Waals surface area contributed by atoms with Gasteiger partial charge in [0.05, 0.1) is 18.7 Å². The van der Waals surface area contributed by atoms with Crippen LogP contribution in [0.2, 0.25) is 0 Å². The van der Waals surface area contributed by atoms with Crippen LogP contribution < -0.4 is 5.32 Å². The summed E-state index contributed by atoms with van der Waals surface area (Å²) in [4.78, 5) is 43.4. The number of hydrogen-bond acceptors (Lipinski definition) is 7. The summed E-state index contributed by atoms with van der Waals surface area (Å²) in [6.45, 7) is 7.65. The number of nitrogens with zero attached hydrogens (tertiary/aromatic N) is 5. The number of rotatable bonds is 10. The summed E-state index contributed by atoms with van der Waals surface area (Å²) in [5.74, 6) is 6.40.